The lowest BCUT2D eigenvalue weighted by Crippen LogP contribution is -2.54. The van der Waals surface area contributed by atoms with Crippen LogP contribution in [0.25, 0.3) is 0 Å². The zero-order valence-electron chi connectivity index (χ0n) is 18.2. The van der Waals surface area contributed by atoms with E-state index in [2.05, 4.69) is 38.3 Å². The number of benzene rings is 1. The fourth-order valence-electron chi connectivity index (χ4n) is 5.21. The molecule has 0 aromatic heterocycles. The number of rotatable bonds is 5. The highest BCUT2D eigenvalue weighted by Gasteiger charge is 2.56. The lowest BCUT2D eigenvalue weighted by atomic mass is 9.64. The Balaban J connectivity index is 1.65. The number of hydrogen-bond donors (Lipinski definition) is 2. The van der Waals surface area contributed by atoms with Crippen LogP contribution in [0, 0.1) is 11.3 Å². The maximum atomic E-state index is 13.2. The van der Waals surface area contributed by atoms with Crippen LogP contribution in [0.1, 0.15) is 71.0 Å². The number of carbonyl (C=O) groups excluding carboxylic acids is 3. The number of carbonyl (C=O) groups is 3. The second kappa shape index (κ2) is 7.81. The molecule has 29 heavy (non-hydrogen) atoms. The number of amides is 4. The van der Waals surface area contributed by atoms with Crippen LogP contribution in [-0.2, 0) is 16.0 Å². The van der Waals surface area contributed by atoms with E-state index in [4.69, 9.17) is 0 Å². The van der Waals surface area contributed by atoms with Crippen molar-refractivity contribution in [2.75, 3.05) is 6.54 Å². The van der Waals surface area contributed by atoms with E-state index in [0.717, 1.165) is 23.3 Å². The van der Waals surface area contributed by atoms with Gasteiger partial charge in [-0.15, -0.1) is 0 Å². The molecule has 4 amide bonds. The van der Waals surface area contributed by atoms with Crippen LogP contribution in [0.15, 0.2) is 24.3 Å². The van der Waals surface area contributed by atoms with Gasteiger partial charge in [0.05, 0.1) is 6.04 Å². The smallest absolute Gasteiger partial charge is 0.325 e. The summed E-state index contributed by atoms with van der Waals surface area (Å²) in [4.78, 5) is 39.4. The number of hydrogen-bond acceptors (Lipinski definition) is 3. The standard InChI is InChI=1S/C23H33N3O3/c1-6-17-7-9-18(10-8-17)16(3)24-19(27)13-26-20(28)23(25-21(26)29)12-15(2)11-22(4,5)14-23/h7-10,15-16H,6,11-14H2,1-5H3,(H,24,27)(H,25,29). The number of urea groups is 1. The topological polar surface area (TPSA) is 78.5 Å². The Bertz CT molecular complexity index is 802. The first-order chi connectivity index (χ1) is 13.5. The third-order valence-electron chi connectivity index (χ3n) is 6.19. The van der Waals surface area contributed by atoms with Crippen LogP contribution in [0.3, 0.4) is 0 Å². The zero-order valence-corrected chi connectivity index (χ0v) is 18.2. The Kier molecular flexibility index (Phi) is 5.74. The third-order valence-corrected chi connectivity index (χ3v) is 6.19. The number of nitrogens with one attached hydrogen (secondary N) is 2. The van der Waals surface area contributed by atoms with Gasteiger partial charge in [-0.1, -0.05) is 52.0 Å². The Morgan fingerprint density at radius 2 is 1.90 bits per heavy atom. The van der Waals surface area contributed by atoms with E-state index in [1.165, 1.54) is 5.56 Å². The Hall–Kier alpha value is -2.37. The van der Waals surface area contributed by atoms with Gasteiger partial charge in [0.15, 0.2) is 0 Å². The van der Waals surface area contributed by atoms with Crippen molar-refractivity contribution in [2.45, 2.75) is 71.9 Å². The van der Waals surface area contributed by atoms with Crippen LogP contribution in [0.2, 0.25) is 0 Å². The summed E-state index contributed by atoms with van der Waals surface area (Å²) < 4.78 is 0. The van der Waals surface area contributed by atoms with Crippen molar-refractivity contribution in [3.63, 3.8) is 0 Å². The highest BCUT2D eigenvalue weighted by molar-refractivity contribution is 6.09. The summed E-state index contributed by atoms with van der Waals surface area (Å²) in [6.45, 7) is 10.1. The van der Waals surface area contributed by atoms with Gasteiger partial charge >= 0.3 is 6.03 Å². The van der Waals surface area contributed by atoms with E-state index in [1.807, 2.05) is 31.2 Å². The summed E-state index contributed by atoms with van der Waals surface area (Å²) in [5.74, 6) is -0.263. The molecule has 0 bridgehead atoms. The molecule has 6 nitrogen and oxygen atoms in total. The molecule has 1 aliphatic heterocycles. The molecule has 6 heteroatoms. The van der Waals surface area contributed by atoms with Crippen molar-refractivity contribution in [1.82, 2.24) is 15.5 Å². The summed E-state index contributed by atoms with van der Waals surface area (Å²) in [6, 6.07) is 7.43. The van der Waals surface area contributed by atoms with Crippen LogP contribution in [-0.4, -0.2) is 34.8 Å². The molecule has 3 rings (SSSR count). The van der Waals surface area contributed by atoms with Crippen molar-refractivity contribution in [1.29, 1.82) is 0 Å². The molecule has 158 valence electrons. The Labute approximate surface area is 173 Å². The van der Waals surface area contributed by atoms with Gasteiger partial charge in [-0.25, -0.2) is 4.79 Å². The molecule has 1 saturated carbocycles. The minimum absolute atomic E-state index is 0.0297. The minimum atomic E-state index is -0.875. The molecule has 2 N–H and O–H groups in total. The second-order valence-electron chi connectivity index (χ2n) is 9.64. The van der Waals surface area contributed by atoms with Gasteiger partial charge in [-0.2, -0.15) is 0 Å². The third kappa shape index (κ3) is 4.46. The van der Waals surface area contributed by atoms with Crippen LogP contribution < -0.4 is 10.6 Å². The Morgan fingerprint density at radius 1 is 1.24 bits per heavy atom. The van der Waals surface area contributed by atoms with E-state index in [1.54, 1.807) is 0 Å². The summed E-state index contributed by atoms with van der Waals surface area (Å²) in [6.07, 6.45) is 3.21. The van der Waals surface area contributed by atoms with E-state index in [-0.39, 0.29) is 29.8 Å². The normalized spacial score (nSPS) is 27.1. The molecule has 1 heterocycles. The first-order valence-corrected chi connectivity index (χ1v) is 10.6. The summed E-state index contributed by atoms with van der Waals surface area (Å²) >= 11 is 0. The highest BCUT2D eigenvalue weighted by Crippen LogP contribution is 2.46. The Morgan fingerprint density at radius 3 is 2.48 bits per heavy atom. The highest BCUT2D eigenvalue weighted by atomic mass is 16.2. The molecule has 1 aromatic carbocycles. The second-order valence-corrected chi connectivity index (χ2v) is 9.64. The van der Waals surface area contributed by atoms with E-state index < -0.39 is 11.6 Å². The fraction of sp³-hybridized carbons (Fsp3) is 0.609. The molecular formula is C23H33N3O3. The molecule has 3 unspecified atom stereocenters. The monoisotopic (exact) mass is 399 g/mol. The summed E-state index contributed by atoms with van der Waals surface area (Å²) in [7, 11) is 0. The quantitative estimate of drug-likeness (QED) is 0.743. The maximum absolute atomic E-state index is 13.2. The molecule has 1 saturated heterocycles. The first-order valence-electron chi connectivity index (χ1n) is 10.6. The van der Waals surface area contributed by atoms with Gasteiger partial charge in [0.2, 0.25) is 5.91 Å². The lowest BCUT2D eigenvalue weighted by Gasteiger charge is -2.43. The molecule has 1 aliphatic carbocycles. The summed E-state index contributed by atoms with van der Waals surface area (Å²) in [5, 5.41) is 5.82. The van der Waals surface area contributed by atoms with Crippen LogP contribution >= 0.6 is 0 Å². The van der Waals surface area contributed by atoms with Gasteiger partial charge in [0, 0.05) is 0 Å². The molecular weight excluding hydrogens is 366 g/mol. The van der Waals surface area contributed by atoms with Crippen LogP contribution in [0.5, 0.6) is 0 Å². The number of nitrogens with zero attached hydrogens (tertiary/aromatic N) is 1. The van der Waals surface area contributed by atoms with Crippen molar-refractivity contribution in [3.8, 4) is 0 Å². The largest absolute Gasteiger partial charge is 0.348 e. The molecule has 2 fully saturated rings. The zero-order chi connectivity index (χ0) is 21.4. The van der Waals surface area contributed by atoms with Crippen LogP contribution in [0.4, 0.5) is 4.79 Å². The molecule has 1 aromatic rings. The maximum Gasteiger partial charge on any atom is 0.325 e. The minimum Gasteiger partial charge on any atom is -0.348 e. The van der Waals surface area contributed by atoms with Crippen molar-refractivity contribution >= 4 is 17.8 Å². The van der Waals surface area contributed by atoms with E-state index in [9.17, 15) is 14.4 Å². The van der Waals surface area contributed by atoms with Crippen molar-refractivity contribution in [2.24, 2.45) is 11.3 Å². The van der Waals surface area contributed by atoms with Gasteiger partial charge in [-0.05, 0) is 55.1 Å². The first kappa shape index (κ1) is 21.3. The molecule has 0 radical (unpaired) electrons. The van der Waals surface area contributed by atoms with Crippen molar-refractivity contribution < 1.29 is 14.4 Å². The SMILES string of the molecule is CCc1ccc(C(C)NC(=O)CN2C(=O)NC3(CC(C)CC(C)(C)C3)C2=O)cc1. The van der Waals surface area contributed by atoms with Gasteiger partial charge in [0.25, 0.3) is 5.91 Å². The van der Waals surface area contributed by atoms with E-state index in [0.29, 0.717) is 18.8 Å². The predicted octanol–water partition coefficient (Wildman–Crippen LogP) is 3.56. The van der Waals surface area contributed by atoms with Gasteiger partial charge in [-0.3, -0.25) is 14.5 Å². The van der Waals surface area contributed by atoms with Crippen molar-refractivity contribution in [3.05, 3.63) is 35.4 Å². The molecule has 3 atom stereocenters. The predicted molar refractivity (Wildman–Crippen MR) is 112 cm³/mol. The average molecular weight is 400 g/mol. The lowest BCUT2D eigenvalue weighted by molar-refractivity contribution is -0.137. The fourth-order valence-corrected chi connectivity index (χ4v) is 5.21. The van der Waals surface area contributed by atoms with Gasteiger partial charge < -0.3 is 10.6 Å². The van der Waals surface area contributed by atoms with E-state index >= 15 is 0 Å². The van der Waals surface area contributed by atoms with Gasteiger partial charge in [0.1, 0.15) is 12.1 Å². The number of aryl methyl sites for hydroxylation is 1. The molecule has 1 spiro atoms. The average Bonchev–Trinajstić information content (AvgIpc) is 2.83. The molecule has 2 aliphatic rings. The number of imide groups is 1. The summed E-state index contributed by atoms with van der Waals surface area (Å²) in [5.41, 5.74) is 1.33.